The minimum atomic E-state index is -1.50. The fraction of sp³-hybridized carbons (Fsp3) is 0.400. The number of aromatic hydroxyl groups is 2. The molecule has 2 aliphatic carbocycles. The van der Waals surface area contributed by atoms with E-state index >= 15 is 0 Å². The van der Waals surface area contributed by atoms with Crippen LogP contribution in [0, 0.1) is 0 Å². The Bertz CT molecular complexity index is 1280. The zero-order valence-electron chi connectivity index (χ0n) is 19.3. The highest BCUT2D eigenvalue weighted by Crippen LogP contribution is 2.51. The number of ether oxygens (including phenoxy) is 2. The van der Waals surface area contributed by atoms with Crippen LogP contribution in [0.1, 0.15) is 68.8 Å². The molecule has 2 aromatic rings. The fourth-order valence-corrected chi connectivity index (χ4v) is 5.13. The second-order valence-electron chi connectivity index (χ2n) is 9.39. The number of carbonyl (C=O) groups excluding carboxylic acids is 3. The SMILES string of the molecule is CC(=O)[C@]1(N)Cc2c(O)c3c(c(O)c2[C@@H](O[C@@H]2C[C@H](O)[C@H](O)CO2)C1)C(=O)c1ccccc1C3=O.Cl. The zero-order chi connectivity index (χ0) is 25.2. The number of ketones is 3. The Morgan fingerprint density at radius 1 is 1.06 bits per heavy atom. The molecule has 11 heteroatoms. The quantitative estimate of drug-likeness (QED) is 0.314. The lowest BCUT2D eigenvalue weighted by Gasteiger charge is -2.41. The van der Waals surface area contributed by atoms with Crippen LogP contribution in [0.25, 0.3) is 0 Å². The fourth-order valence-electron chi connectivity index (χ4n) is 5.13. The Labute approximate surface area is 212 Å². The Kier molecular flexibility index (Phi) is 6.71. The van der Waals surface area contributed by atoms with Crippen molar-refractivity contribution < 1.29 is 44.3 Å². The molecule has 6 N–H and O–H groups in total. The topological polar surface area (TPSA) is 177 Å². The first-order valence-electron chi connectivity index (χ1n) is 11.3. The number of aliphatic hydroxyl groups excluding tert-OH is 2. The summed E-state index contributed by atoms with van der Waals surface area (Å²) < 4.78 is 11.4. The van der Waals surface area contributed by atoms with Gasteiger partial charge in [0.15, 0.2) is 17.9 Å². The monoisotopic (exact) mass is 519 g/mol. The Morgan fingerprint density at radius 2 is 1.64 bits per heavy atom. The zero-order valence-corrected chi connectivity index (χ0v) is 20.1. The molecule has 1 heterocycles. The Hall–Kier alpha value is -2.86. The number of nitrogens with two attached hydrogens (primary N) is 1. The molecule has 0 saturated carbocycles. The number of Topliss-reactive ketones (excluding diaryl/α,β-unsaturated/α-hetero) is 1. The predicted molar refractivity (Wildman–Crippen MR) is 126 cm³/mol. The smallest absolute Gasteiger partial charge is 0.198 e. The van der Waals surface area contributed by atoms with E-state index in [4.69, 9.17) is 15.2 Å². The summed E-state index contributed by atoms with van der Waals surface area (Å²) in [6.45, 7) is 1.09. The van der Waals surface area contributed by atoms with Crippen LogP contribution in [0.3, 0.4) is 0 Å². The number of benzene rings is 2. The maximum atomic E-state index is 13.3. The largest absolute Gasteiger partial charge is 0.507 e. The Morgan fingerprint density at radius 3 is 2.19 bits per heavy atom. The average molecular weight is 520 g/mol. The molecule has 0 amide bonds. The van der Waals surface area contributed by atoms with Gasteiger partial charge < -0.3 is 35.6 Å². The van der Waals surface area contributed by atoms with Gasteiger partial charge in [-0.15, -0.1) is 12.4 Å². The van der Waals surface area contributed by atoms with Gasteiger partial charge in [-0.05, 0) is 6.92 Å². The number of phenolic OH excluding ortho intramolecular Hbond substituents is 2. The number of phenols is 2. The summed E-state index contributed by atoms with van der Waals surface area (Å²) in [5.41, 5.74) is 4.47. The van der Waals surface area contributed by atoms with E-state index < -0.39 is 59.0 Å². The van der Waals surface area contributed by atoms with Crippen molar-refractivity contribution in [3.63, 3.8) is 0 Å². The van der Waals surface area contributed by atoms with Gasteiger partial charge in [-0.1, -0.05) is 24.3 Å². The number of halogens is 1. The standard InChI is InChI=1S/C25H25NO9.ClH/c1-10(27)25(26)7-13-18(16(8-25)35-17-6-14(28)15(29)9-34-17)24(33)20-19(23(13)32)21(30)11-4-2-3-5-12(11)22(20)31;/h2-5,14-17,28-29,32-33H,6-9,26H2,1H3;1H/t14-,15+,16-,17+,25-;/m0./s1. The van der Waals surface area contributed by atoms with Crippen molar-refractivity contribution in [1.29, 1.82) is 0 Å². The number of carbonyl (C=O) groups is 3. The van der Waals surface area contributed by atoms with Crippen LogP contribution < -0.4 is 5.73 Å². The van der Waals surface area contributed by atoms with Crippen molar-refractivity contribution in [2.45, 2.75) is 56.3 Å². The highest BCUT2D eigenvalue weighted by atomic mass is 35.5. The van der Waals surface area contributed by atoms with Crippen LogP contribution in [-0.4, -0.2) is 68.4 Å². The Balaban J connectivity index is 0.00000304. The molecule has 1 saturated heterocycles. The van der Waals surface area contributed by atoms with Crippen LogP contribution in [0.15, 0.2) is 24.3 Å². The molecule has 2 aromatic carbocycles. The van der Waals surface area contributed by atoms with Gasteiger partial charge in [-0.3, -0.25) is 14.4 Å². The molecule has 0 bridgehead atoms. The normalized spacial score (nSPS) is 29.0. The molecular weight excluding hydrogens is 494 g/mol. The van der Waals surface area contributed by atoms with E-state index in [0.717, 1.165) is 0 Å². The van der Waals surface area contributed by atoms with Gasteiger partial charge in [0.2, 0.25) is 0 Å². The van der Waals surface area contributed by atoms with Crippen LogP contribution in [0.5, 0.6) is 11.5 Å². The molecule has 5 rings (SSSR count). The van der Waals surface area contributed by atoms with Gasteiger partial charge in [0.25, 0.3) is 0 Å². The van der Waals surface area contributed by atoms with Gasteiger partial charge in [-0.2, -0.15) is 0 Å². The second kappa shape index (κ2) is 9.22. The van der Waals surface area contributed by atoms with Crippen molar-refractivity contribution in [2.24, 2.45) is 5.73 Å². The van der Waals surface area contributed by atoms with Crippen molar-refractivity contribution in [3.05, 3.63) is 57.6 Å². The molecular formula is C25H26ClNO9. The third-order valence-electron chi connectivity index (χ3n) is 7.17. The summed E-state index contributed by atoms with van der Waals surface area (Å²) in [5.74, 6) is -2.74. The van der Waals surface area contributed by atoms with Crippen molar-refractivity contribution >= 4 is 29.8 Å². The molecule has 5 atom stereocenters. The first-order chi connectivity index (χ1) is 16.5. The number of rotatable bonds is 3. The van der Waals surface area contributed by atoms with E-state index in [1.54, 1.807) is 12.1 Å². The highest BCUT2D eigenvalue weighted by molar-refractivity contribution is 6.30. The molecule has 192 valence electrons. The molecule has 0 aromatic heterocycles. The predicted octanol–water partition coefficient (Wildman–Crippen LogP) is 1.05. The molecule has 10 nitrogen and oxygen atoms in total. The van der Waals surface area contributed by atoms with Crippen molar-refractivity contribution in [3.8, 4) is 11.5 Å². The number of fused-ring (bicyclic) bond motifs is 3. The summed E-state index contributed by atoms with van der Waals surface area (Å²) in [7, 11) is 0. The molecule has 3 aliphatic rings. The molecule has 0 spiro atoms. The number of aliphatic hydroxyl groups is 2. The van der Waals surface area contributed by atoms with Crippen molar-refractivity contribution in [1.82, 2.24) is 0 Å². The van der Waals surface area contributed by atoms with Gasteiger partial charge in [0, 0.05) is 41.5 Å². The lowest BCUT2D eigenvalue weighted by Crippen LogP contribution is -2.53. The van der Waals surface area contributed by atoms with Crippen LogP contribution in [0.4, 0.5) is 0 Å². The minimum absolute atomic E-state index is 0. The minimum Gasteiger partial charge on any atom is -0.507 e. The van der Waals surface area contributed by atoms with E-state index in [2.05, 4.69) is 0 Å². The van der Waals surface area contributed by atoms with Crippen molar-refractivity contribution in [2.75, 3.05) is 6.61 Å². The second-order valence-corrected chi connectivity index (χ2v) is 9.39. The maximum Gasteiger partial charge on any atom is 0.198 e. The summed E-state index contributed by atoms with van der Waals surface area (Å²) in [6, 6.07) is 6.10. The molecule has 1 aliphatic heterocycles. The summed E-state index contributed by atoms with van der Waals surface area (Å²) >= 11 is 0. The molecule has 36 heavy (non-hydrogen) atoms. The third kappa shape index (κ3) is 3.90. The lowest BCUT2D eigenvalue weighted by molar-refractivity contribution is -0.238. The first-order valence-corrected chi connectivity index (χ1v) is 11.3. The van der Waals surface area contributed by atoms with E-state index in [9.17, 15) is 34.8 Å². The van der Waals surface area contributed by atoms with Crippen LogP contribution in [0.2, 0.25) is 0 Å². The number of hydrogen-bond acceptors (Lipinski definition) is 10. The summed E-state index contributed by atoms with van der Waals surface area (Å²) in [4.78, 5) is 39.0. The summed E-state index contributed by atoms with van der Waals surface area (Å²) in [5, 5.41) is 42.3. The maximum absolute atomic E-state index is 13.3. The third-order valence-corrected chi connectivity index (χ3v) is 7.17. The van der Waals surface area contributed by atoms with E-state index in [0.29, 0.717) is 0 Å². The van der Waals surface area contributed by atoms with Gasteiger partial charge in [0.1, 0.15) is 23.4 Å². The molecule has 1 fully saturated rings. The summed E-state index contributed by atoms with van der Waals surface area (Å²) in [6.07, 6.45) is -4.74. The average Bonchev–Trinajstić information content (AvgIpc) is 2.82. The van der Waals surface area contributed by atoms with E-state index in [1.165, 1.54) is 19.1 Å². The first kappa shape index (κ1) is 26.2. The molecule has 0 radical (unpaired) electrons. The molecule has 0 unspecified atom stereocenters. The van der Waals surface area contributed by atoms with Gasteiger partial charge in [-0.25, -0.2) is 0 Å². The van der Waals surface area contributed by atoms with Crippen LogP contribution in [-0.2, 0) is 20.7 Å². The van der Waals surface area contributed by atoms with Gasteiger partial charge >= 0.3 is 0 Å². The lowest BCUT2D eigenvalue weighted by atomic mass is 9.71. The van der Waals surface area contributed by atoms with E-state index in [-0.39, 0.29) is 71.7 Å². The highest BCUT2D eigenvalue weighted by Gasteiger charge is 2.48. The number of hydrogen-bond donors (Lipinski definition) is 5. The van der Waals surface area contributed by atoms with E-state index in [1.807, 2.05) is 0 Å². The van der Waals surface area contributed by atoms with Crippen LogP contribution >= 0.6 is 12.4 Å². The van der Waals surface area contributed by atoms with Gasteiger partial charge in [0.05, 0.1) is 35.5 Å².